The molecule has 2 aliphatic rings. The lowest BCUT2D eigenvalue weighted by molar-refractivity contribution is -0.142. The van der Waals surface area contributed by atoms with Crippen LogP contribution in [0.2, 0.25) is 0 Å². The maximum absolute atomic E-state index is 13.2. The number of hydrogen-bond acceptors (Lipinski definition) is 9. The van der Waals surface area contributed by atoms with Crippen LogP contribution in [0.5, 0.6) is 0 Å². The minimum atomic E-state index is -1.15. The SMILES string of the molecule is CN(Cc1cccc(NC(=O)OC(C)(C)C)c1)C(=O)N1CCN(C(=O)CCCCC#CC#CCCCC(O)C(=O)N2CCN(C(=O)N(C)Cc3cccc(NC(=O)OC(C)(C)C)c3)CC2)CC1. The van der Waals surface area contributed by atoms with Crippen LogP contribution in [0.1, 0.15) is 97.6 Å². The van der Waals surface area contributed by atoms with Crippen molar-refractivity contribution < 1.29 is 43.3 Å². The van der Waals surface area contributed by atoms with Crippen LogP contribution in [-0.4, -0.2) is 154 Å². The number of benzene rings is 2. The Bertz CT molecular complexity index is 2150. The van der Waals surface area contributed by atoms with E-state index in [0.717, 1.165) is 17.5 Å². The van der Waals surface area contributed by atoms with Crippen molar-refractivity contribution in [2.75, 3.05) is 77.1 Å². The molecule has 0 aliphatic carbocycles. The molecule has 0 aromatic heterocycles. The van der Waals surface area contributed by atoms with Crippen molar-refractivity contribution in [2.24, 2.45) is 0 Å². The second-order valence-electron chi connectivity index (χ2n) is 18.8. The summed E-state index contributed by atoms with van der Waals surface area (Å²) in [4.78, 5) is 86.6. The standard InChI is InChI=1S/C50H70N8O9/c1-49(2,3)66-45(62)51-40-22-18-20-38(34-40)36-53(7)47(64)57-30-26-55(27-31-57)43(60)25-17-15-13-11-9-10-12-14-16-24-42(59)44(61)56-28-32-58(33-29-56)48(65)54(8)37-39-21-19-23-41(35-39)52-46(63)67-50(4,5)6/h18-23,34-35,42,59H,13-17,24-33,36-37H2,1-8H3,(H,51,62)(H,52,63). The van der Waals surface area contributed by atoms with Crippen molar-refractivity contribution in [3.8, 4) is 23.7 Å². The Kier molecular flexibility index (Phi) is 20.2. The summed E-state index contributed by atoms with van der Waals surface area (Å²) in [6.07, 6.45) is 1.53. The summed E-state index contributed by atoms with van der Waals surface area (Å²) >= 11 is 0. The zero-order chi connectivity index (χ0) is 49.1. The van der Waals surface area contributed by atoms with Gasteiger partial charge in [0.15, 0.2) is 0 Å². The summed E-state index contributed by atoms with van der Waals surface area (Å²) in [5.41, 5.74) is 1.59. The maximum atomic E-state index is 13.2. The molecule has 17 nitrogen and oxygen atoms in total. The molecule has 0 spiro atoms. The molecule has 2 heterocycles. The third kappa shape index (κ3) is 19.1. The zero-order valence-electron chi connectivity index (χ0n) is 40.6. The summed E-state index contributed by atoms with van der Waals surface area (Å²) in [5.74, 6) is 11.4. The van der Waals surface area contributed by atoms with Gasteiger partial charge in [-0.1, -0.05) is 36.1 Å². The van der Waals surface area contributed by atoms with E-state index in [1.54, 1.807) is 109 Å². The molecule has 3 N–H and O–H groups in total. The van der Waals surface area contributed by atoms with Gasteiger partial charge in [-0.2, -0.15) is 0 Å². The van der Waals surface area contributed by atoms with Crippen molar-refractivity contribution in [2.45, 2.75) is 117 Å². The Morgan fingerprint density at radius 3 is 1.49 bits per heavy atom. The normalized spacial score (nSPS) is 14.3. The fourth-order valence-electron chi connectivity index (χ4n) is 7.35. The summed E-state index contributed by atoms with van der Waals surface area (Å²) in [5, 5.41) is 16.0. The minimum absolute atomic E-state index is 0.0655. The minimum Gasteiger partial charge on any atom is -0.444 e. The highest BCUT2D eigenvalue weighted by atomic mass is 16.6. The van der Waals surface area contributed by atoms with Gasteiger partial charge < -0.3 is 44.0 Å². The van der Waals surface area contributed by atoms with E-state index in [1.165, 1.54) is 0 Å². The third-order valence-corrected chi connectivity index (χ3v) is 10.6. The molecule has 2 aromatic carbocycles. The molecule has 4 rings (SSSR count). The molecular weight excluding hydrogens is 857 g/mol. The number of anilines is 2. The van der Waals surface area contributed by atoms with Gasteiger partial charge in [0, 0.05) is 110 Å². The van der Waals surface area contributed by atoms with Gasteiger partial charge in [0.05, 0.1) is 0 Å². The number of nitrogens with one attached hydrogen (secondary N) is 2. The zero-order valence-corrected chi connectivity index (χ0v) is 40.6. The lowest BCUT2D eigenvalue weighted by atomic mass is 10.1. The summed E-state index contributed by atoms with van der Waals surface area (Å²) in [6.45, 7) is 14.6. The third-order valence-electron chi connectivity index (χ3n) is 10.6. The van der Waals surface area contributed by atoms with E-state index in [9.17, 15) is 33.9 Å². The molecule has 364 valence electrons. The molecule has 0 radical (unpaired) electrons. The van der Waals surface area contributed by atoms with E-state index in [1.807, 2.05) is 24.3 Å². The fourth-order valence-corrected chi connectivity index (χ4v) is 7.35. The molecule has 8 amide bonds. The molecule has 0 saturated carbocycles. The van der Waals surface area contributed by atoms with Gasteiger partial charge in [0.25, 0.3) is 5.91 Å². The van der Waals surface area contributed by atoms with E-state index in [2.05, 4.69) is 34.3 Å². The summed E-state index contributed by atoms with van der Waals surface area (Å²) < 4.78 is 10.6. The van der Waals surface area contributed by atoms with Crippen LogP contribution in [0.3, 0.4) is 0 Å². The molecule has 2 fully saturated rings. The van der Waals surface area contributed by atoms with Crippen LogP contribution in [0.25, 0.3) is 0 Å². The van der Waals surface area contributed by atoms with Crippen molar-refractivity contribution in [3.05, 3.63) is 59.7 Å². The highest BCUT2D eigenvalue weighted by molar-refractivity contribution is 5.86. The van der Waals surface area contributed by atoms with Crippen LogP contribution >= 0.6 is 0 Å². The average Bonchev–Trinajstić information content (AvgIpc) is 3.26. The quantitative estimate of drug-likeness (QED) is 0.139. The van der Waals surface area contributed by atoms with Crippen LogP contribution in [-0.2, 0) is 32.2 Å². The fraction of sp³-hybridized carbons (Fsp3) is 0.560. The van der Waals surface area contributed by atoms with Crippen molar-refractivity contribution >= 4 is 47.4 Å². The number of rotatable bonds is 14. The van der Waals surface area contributed by atoms with E-state index in [-0.39, 0.29) is 30.3 Å². The Morgan fingerprint density at radius 2 is 1.04 bits per heavy atom. The maximum Gasteiger partial charge on any atom is 0.412 e. The largest absolute Gasteiger partial charge is 0.444 e. The molecule has 17 heteroatoms. The van der Waals surface area contributed by atoms with E-state index < -0.39 is 29.5 Å². The number of aliphatic hydroxyl groups is 1. The molecule has 2 aromatic rings. The molecule has 2 aliphatic heterocycles. The van der Waals surface area contributed by atoms with E-state index in [4.69, 9.17) is 9.47 Å². The van der Waals surface area contributed by atoms with Gasteiger partial charge >= 0.3 is 24.2 Å². The second-order valence-corrected chi connectivity index (χ2v) is 18.8. The van der Waals surface area contributed by atoms with E-state index >= 15 is 0 Å². The van der Waals surface area contributed by atoms with Crippen molar-refractivity contribution in [1.29, 1.82) is 0 Å². The lowest BCUT2D eigenvalue weighted by Crippen LogP contribution is -2.55. The van der Waals surface area contributed by atoms with Gasteiger partial charge in [-0.3, -0.25) is 20.2 Å². The van der Waals surface area contributed by atoms with Crippen molar-refractivity contribution in [1.82, 2.24) is 29.4 Å². The second kappa shape index (κ2) is 25.4. The predicted octanol–water partition coefficient (Wildman–Crippen LogP) is 6.57. The van der Waals surface area contributed by atoms with Gasteiger partial charge in [-0.15, -0.1) is 0 Å². The van der Waals surface area contributed by atoms with Crippen molar-refractivity contribution in [3.63, 3.8) is 0 Å². The number of piperazine rings is 2. The molecule has 2 saturated heterocycles. The first-order valence-corrected chi connectivity index (χ1v) is 23.1. The monoisotopic (exact) mass is 927 g/mol. The molecular formula is C50H70N8O9. The first-order chi connectivity index (χ1) is 31.7. The number of amides is 8. The molecule has 0 bridgehead atoms. The number of unbranched alkanes of at least 4 members (excludes halogenated alkanes) is 3. The highest BCUT2D eigenvalue weighted by Crippen LogP contribution is 2.19. The Morgan fingerprint density at radius 1 is 0.627 bits per heavy atom. The van der Waals surface area contributed by atoms with Crippen LogP contribution < -0.4 is 10.6 Å². The van der Waals surface area contributed by atoms with Crippen LogP contribution in [0.15, 0.2) is 48.5 Å². The predicted molar refractivity (Wildman–Crippen MR) is 257 cm³/mol. The van der Waals surface area contributed by atoms with Crippen LogP contribution in [0.4, 0.5) is 30.6 Å². The van der Waals surface area contributed by atoms with Gasteiger partial charge in [-0.05, 0) is 114 Å². The topological polar surface area (TPSA) is 185 Å². The number of hydrogen-bond donors (Lipinski definition) is 3. The molecule has 1 unspecified atom stereocenters. The summed E-state index contributed by atoms with van der Waals surface area (Å²) in [6, 6.07) is 14.2. The first kappa shape index (κ1) is 53.2. The number of aliphatic hydroxyl groups excluding tert-OH is 1. The summed E-state index contributed by atoms with van der Waals surface area (Å²) in [7, 11) is 3.44. The van der Waals surface area contributed by atoms with Gasteiger partial charge in [0.2, 0.25) is 5.91 Å². The number of nitrogens with zero attached hydrogens (tertiary/aromatic N) is 6. The number of carbonyl (C=O) groups excluding carboxylic acids is 6. The van der Waals surface area contributed by atoms with Gasteiger partial charge in [0.1, 0.15) is 17.3 Å². The lowest BCUT2D eigenvalue weighted by Gasteiger charge is -2.37. The Hall–Kier alpha value is -6.46. The number of ether oxygens (including phenoxy) is 2. The van der Waals surface area contributed by atoms with Gasteiger partial charge in [-0.25, -0.2) is 19.2 Å². The Labute approximate surface area is 396 Å². The Balaban J connectivity index is 1.04. The highest BCUT2D eigenvalue weighted by Gasteiger charge is 2.30. The van der Waals surface area contributed by atoms with E-state index in [0.29, 0.717) is 109 Å². The average molecular weight is 927 g/mol. The molecule has 67 heavy (non-hydrogen) atoms. The first-order valence-electron chi connectivity index (χ1n) is 23.1. The number of urea groups is 2. The molecule has 1 atom stereocenters. The number of carbonyl (C=O) groups is 6. The smallest absolute Gasteiger partial charge is 0.412 e. The van der Waals surface area contributed by atoms with Crippen LogP contribution in [0, 0.1) is 23.7 Å².